The van der Waals surface area contributed by atoms with Crippen LogP contribution in [0.5, 0.6) is 0 Å². The highest BCUT2D eigenvalue weighted by Crippen LogP contribution is 2.12. The second kappa shape index (κ2) is 10.2. The number of hydrogen-bond acceptors (Lipinski definition) is 8. The lowest BCUT2D eigenvalue weighted by Gasteiger charge is -2.33. The monoisotopic (exact) mass is 385 g/mol. The molecule has 0 aromatic rings. The van der Waals surface area contributed by atoms with Crippen molar-refractivity contribution in [1.82, 2.24) is 15.1 Å². The number of amides is 1. The first-order valence-corrected chi connectivity index (χ1v) is 9.97. The molecule has 4 N–H and O–H groups in total. The lowest BCUT2D eigenvalue weighted by molar-refractivity contribution is -0.138. The van der Waals surface area contributed by atoms with E-state index in [2.05, 4.69) is 10.2 Å². The first-order chi connectivity index (χ1) is 11.2. The fourth-order valence-electron chi connectivity index (χ4n) is 2.14. The predicted octanol–water partition coefficient (Wildman–Crippen LogP) is -1.62. The van der Waals surface area contributed by atoms with Crippen LogP contribution in [0.3, 0.4) is 0 Å². The van der Waals surface area contributed by atoms with Crippen LogP contribution in [0.1, 0.15) is 0 Å². The smallest absolute Gasteiger partial charge is 0.327 e. The highest BCUT2D eigenvalue weighted by molar-refractivity contribution is 8.14. The first kappa shape index (κ1) is 21.1. The number of aliphatic hydroxyl groups is 1. The maximum absolute atomic E-state index is 10.5. The van der Waals surface area contributed by atoms with E-state index in [4.69, 9.17) is 14.8 Å². The number of nitrogens with one attached hydrogen (secondary N) is 1. The maximum Gasteiger partial charge on any atom is 0.327 e. The third-order valence-corrected chi connectivity index (χ3v) is 5.10. The molecular formula is C12H23N3O7S2. The summed E-state index contributed by atoms with van der Waals surface area (Å²) in [6, 6.07) is -0.678. The molecule has 0 radical (unpaired) electrons. The Balaban J connectivity index is 0.000000272. The number of carbonyl (C=O) groups excluding carboxylic acids is 1. The number of carboxylic acid groups (broad SMARTS) is 1. The number of piperazine rings is 1. The maximum atomic E-state index is 10.5. The van der Waals surface area contributed by atoms with E-state index in [-0.39, 0.29) is 17.6 Å². The van der Waals surface area contributed by atoms with E-state index in [1.165, 1.54) is 0 Å². The van der Waals surface area contributed by atoms with Gasteiger partial charge >= 0.3 is 5.97 Å². The molecule has 2 saturated heterocycles. The van der Waals surface area contributed by atoms with Crippen LogP contribution in [-0.4, -0.2) is 108 Å². The van der Waals surface area contributed by atoms with E-state index in [1.807, 2.05) is 4.90 Å². The molecule has 2 aliphatic heterocycles. The van der Waals surface area contributed by atoms with Crippen molar-refractivity contribution < 1.29 is 32.8 Å². The van der Waals surface area contributed by atoms with Gasteiger partial charge in [0, 0.05) is 45.0 Å². The molecule has 1 unspecified atom stereocenters. The molecule has 2 heterocycles. The molecule has 0 aliphatic carbocycles. The number of nitrogens with zero attached hydrogens (tertiary/aromatic N) is 2. The van der Waals surface area contributed by atoms with Crippen molar-refractivity contribution >= 4 is 33.1 Å². The fourth-order valence-corrected chi connectivity index (χ4v) is 3.40. The van der Waals surface area contributed by atoms with Crippen LogP contribution in [0, 0.1) is 0 Å². The van der Waals surface area contributed by atoms with Gasteiger partial charge in [0.05, 0.1) is 12.4 Å². The van der Waals surface area contributed by atoms with Crippen LogP contribution < -0.4 is 5.32 Å². The molecule has 2 rings (SSSR count). The molecule has 0 spiro atoms. The third kappa shape index (κ3) is 8.80. The van der Waals surface area contributed by atoms with Gasteiger partial charge < -0.3 is 15.5 Å². The van der Waals surface area contributed by atoms with E-state index in [0.717, 1.165) is 37.9 Å². The quantitative estimate of drug-likeness (QED) is 0.393. The number of aliphatic hydroxyl groups excluding tert-OH is 1. The Morgan fingerprint density at radius 1 is 1.21 bits per heavy atom. The molecule has 2 aliphatic rings. The van der Waals surface area contributed by atoms with Gasteiger partial charge in [-0.05, 0) is 0 Å². The average Bonchev–Trinajstić information content (AvgIpc) is 2.94. The second-order valence-corrected chi connectivity index (χ2v) is 7.89. The predicted molar refractivity (Wildman–Crippen MR) is 88.8 cm³/mol. The number of β-amino-alcohol motifs (C(OH)–C–C–N with tert-alkyl or cyclic N) is 1. The Morgan fingerprint density at radius 3 is 2.08 bits per heavy atom. The Morgan fingerprint density at radius 2 is 1.75 bits per heavy atom. The average molecular weight is 385 g/mol. The molecule has 140 valence electrons. The Labute approximate surface area is 144 Å². The van der Waals surface area contributed by atoms with Gasteiger partial charge in [-0.3, -0.25) is 19.1 Å². The molecule has 1 atom stereocenters. The van der Waals surface area contributed by atoms with E-state index in [9.17, 15) is 18.0 Å². The molecule has 1 amide bonds. The molecule has 0 saturated carbocycles. The Kier molecular flexibility index (Phi) is 8.94. The van der Waals surface area contributed by atoms with Crippen molar-refractivity contribution in [2.75, 3.05) is 57.4 Å². The summed E-state index contributed by atoms with van der Waals surface area (Å²) >= 11 is 1.00. The summed E-state index contributed by atoms with van der Waals surface area (Å²) in [5.41, 5.74) is 0. The standard InChI is InChI=1S/C8H18N2O4S.C4H5NO3S/c11-7-5-9-1-3-10(4-2-9)6-8-15(12,13)14;6-3(7)2-1-9-4(8)5-2/h11H,1-8H2,(H,12,13,14);2H,1H2,(H,5,8)(H,6,7). The van der Waals surface area contributed by atoms with Gasteiger partial charge in [0.1, 0.15) is 6.04 Å². The minimum absolute atomic E-state index is 0.158. The molecule has 2 fully saturated rings. The van der Waals surface area contributed by atoms with Crippen LogP contribution in [0.25, 0.3) is 0 Å². The molecule has 12 heteroatoms. The number of carbonyl (C=O) groups is 2. The lowest BCUT2D eigenvalue weighted by atomic mass is 10.3. The summed E-state index contributed by atoms with van der Waals surface area (Å²) in [5, 5.41) is 19.1. The zero-order valence-corrected chi connectivity index (χ0v) is 14.8. The number of carboxylic acids is 1. The largest absolute Gasteiger partial charge is 0.480 e. The van der Waals surface area contributed by atoms with Crippen LogP contribution >= 0.6 is 11.8 Å². The van der Waals surface area contributed by atoms with Crippen molar-refractivity contribution in [1.29, 1.82) is 0 Å². The SMILES string of the molecule is O=C1NC(C(=O)O)CS1.O=S(=O)(O)CCN1CCN(CCO)CC1. The van der Waals surface area contributed by atoms with E-state index >= 15 is 0 Å². The topological polar surface area (TPSA) is 147 Å². The zero-order chi connectivity index (χ0) is 18.2. The zero-order valence-electron chi connectivity index (χ0n) is 13.1. The highest BCUT2D eigenvalue weighted by Gasteiger charge is 2.27. The summed E-state index contributed by atoms with van der Waals surface area (Å²) in [6.45, 7) is 4.46. The van der Waals surface area contributed by atoms with Gasteiger partial charge in [-0.15, -0.1) is 0 Å². The number of rotatable bonds is 6. The lowest BCUT2D eigenvalue weighted by Crippen LogP contribution is -2.48. The third-order valence-electron chi connectivity index (χ3n) is 3.52. The van der Waals surface area contributed by atoms with Gasteiger partial charge in [-0.2, -0.15) is 8.42 Å². The van der Waals surface area contributed by atoms with Crippen LogP contribution in [0.4, 0.5) is 4.79 Å². The number of hydrogen-bond donors (Lipinski definition) is 4. The molecule has 0 aromatic carbocycles. The fraction of sp³-hybridized carbons (Fsp3) is 0.833. The van der Waals surface area contributed by atoms with Gasteiger partial charge in [-0.1, -0.05) is 11.8 Å². The minimum Gasteiger partial charge on any atom is -0.480 e. The summed E-state index contributed by atoms with van der Waals surface area (Å²) < 4.78 is 29.6. The van der Waals surface area contributed by atoms with E-state index in [0.29, 0.717) is 18.8 Å². The van der Waals surface area contributed by atoms with Crippen molar-refractivity contribution in [2.45, 2.75) is 6.04 Å². The molecule has 10 nitrogen and oxygen atoms in total. The van der Waals surface area contributed by atoms with Gasteiger partial charge in [0.25, 0.3) is 15.4 Å². The van der Waals surface area contributed by atoms with Crippen LogP contribution in [-0.2, 0) is 14.9 Å². The molecule has 0 aromatic heterocycles. The summed E-state index contributed by atoms with van der Waals surface area (Å²) in [6.07, 6.45) is 0. The molecule has 24 heavy (non-hydrogen) atoms. The van der Waals surface area contributed by atoms with Crippen molar-refractivity contribution in [3.63, 3.8) is 0 Å². The van der Waals surface area contributed by atoms with Crippen molar-refractivity contribution in [3.05, 3.63) is 0 Å². The van der Waals surface area contributed by atoms with Crippen LogP contribution in [0.15, 0.2) is 0 Å². The Bertz CT molecular complexity index is 521. The normalized spacial score (nSPS) is 22.6. The number of aliphatic carboxylic acids is 1. The van der Waals surface area contributed by atoms with Crippen molar-refractivity contribution in [3.8, 4) is 0 Å². The van der Waals surface area contributed by atoms with Crippen molar-refractivity contribution in [2.24, 2.45) is 0 Å². The molecule has 0 bridgehead atoms. The van der Waals surface area contributed by atoms with Gasteiger partial charge in [-0.25, -0.2) is 4.79 Å². The second-order valence-electron chi connectivity index (χ2n) is 5.33. The summed E-state index contributed by atoms with van der Waals surface area (Å²) in [7, 11) is -3.84. The Hall–Kier alpha value is -0.920. The highest BCUT2D eigenvalue weighted by atomic mass is 32.2. The summed E-state index contributed by atoms with van der Waals surface area (Å²) in [5.74, 6) is -0.824. The first-order valence-electron chi connectivity index (χ1n) is 7.38. The van der Waals surface area contributed by atoms with E-state index < -0.39 is 22.1 Å². The van der Waals surface area contributed by atoms with Crippen LogP contribution in [0.2, 0.25) is 0 Å². The van der Waals surface area contributed by atoms with E-state index in [1.54, 1.807) is 0 Å². The van der Waals surface area contributed by atoms with Gasteiger partial charge in [0.2, 0.25) is 0 Å². The molecular weight excluding hydrogens is 362 g/mol. The number of thioether (sulfide) groups is 1. The summed E-state index contributed by atoms with van der Waals surface area (Å²) in [4.78, 5) is 24.6. The minimum atomic E-state index is -3.84. The van der Waals surface area contributed by atoms with Gasteiger partial charge in [0.15, 0.2) is 0 Å².